The lowest BCUT2D eigenvalue weighted by Crippen LogP contribution is -2.39. The first kappa shape index (κ1) is 12.0. The highest BCUT2D eigenvalue weighted by molar-refractivity contribution is 7.80. The number of para-hydroxylation sites is 1. The van der Waals surface area contributed by atoms with Crippen LogP contribution in [0.2, 0.25) is 0 Å². The number of fused-ring (bicyclic) bond motifs is 1. The minimum absolute atomic E-state index is 0.217. The average molecular weight is 250 g/mol. The van der Waals surface area contributed by atoms with Gasteiger partial charge in [0.25, 0.3) is 5.56 Å². The van der Waals surface area contributed by atoms with E-state index in [4.69, 9.17) is 0 Å². The predicted octanol–water partition coefficient (Wildman–Crippen LogP) is 1.02. The van der Waals surface area contributed by atoms with Crippen LogP contribution in [0.5, 0.6) is 0 Å². The van der Waals surface area contributed by atoms with Crippen molar-refractivity contribution in [2.75, 3.05) is 5.75 Å². The van der Waals surface area contributed by atoms with Crippen LogP contribution in [0.15, 0.2) is 33.9 Å². The van der Waals surface area contributed by atoms with Crippen LogP contribution in [-0.4, -0.2) is 14.9 Å². The van der Waals surface area contributed by atoms with Gasteiger partial charge in [0.05, 0.1) is 10.9 Å². The fourth-order valence-corrected chi connectivity index (χ4v) is 2.03. The van der Waals surface area contributed by atoms with Gasteiger partial charge in [0, 0.05) is 13.6 Å². The van der Waals surface area contributed by atoms with Crippen molar-refractivity contribution in [1.29, 1.82) is 0 Å². The van der Waals surface area contributed by atoms with Gasteiger partial charge in [0.15, 0.2) is 0 Å². The molecule has 4 nitrogen and oxygen atoms in total. The van der Waals surface area contributed by atoms with Gasteiger partial charge < -0.3 is 0 Å². The van der Waals surface area contributed by atoms with E-state index < -0.39 is 0 Å². The number of rotatable bonds is 3. The summed E-state index contributed by atoms with van der Waals surface area (Å²) in [6, 6.07) is 7.14. The Morgan fingerprint density at radius 2 is 1.94 bits per heavy atom. The Balaban J connectivity index is 2.78. The molecule has 0 aliphatic heterocycles. The molecule has 0 aliphatic rings. The van der Waals surface area contributed by atoms with Crippen LogP contribution in [0.1, 0.15) is 6.42 Å². The molecule has 17 heavy (non-hydrogen) atoms. The van der Waals surface area contributed by atoms with Crippen LogP contribution in [0, 0.1) is 0 Å². The maximum Gasteiger partial charge on any atom is 0.331 e. The highest BCUT2D eigenvalue weighted by atomic mass is 32.1. The maximum atomic E-state index is 12.1. The van der Waals surface area contributed by atoms with Crippen molar-refractivity contribution >= 4 is 23.5 Å². The molecule has 0 bridgehead atoms. The summed E-state index contributed by atoms with van der Waals surface area (Å²) in [5.74, 6) is 0.655. The summed E-state index contributed by atoms with van der Waals surface area (Å²) in [4.78, 5) is 24.1. The van der Waals surface area contributed by atoms with Gasteiger partial charge >= 0.3 is 5.69 Å². The number of benzene rings is 1. The van der Waals surface area contributed by atoms with Crippen molar-refractivity contribution in [1.82, 2.24) is 9.13 Å². The number of aryl methyl sites for hydroxylation is 1. The van der Waals surface area contributed by atoms with Gasteiger partial charge in [0.1, 0.15) is 0 Å². The largest absolute Gasteiger partial charge is 0.331 e. The highest BCUT2D eigenvalue weighted by Gasteiger charge is 2.09. The standard InChI is InChI=1S/C12H14N2O2S/c1-13-10-6-3-2-5-9(10)11(15)14(12(13)16)7-4-8-17/h2-3,5-6,17H,4,7-8H2,1H3. The van der Waals surface area contributed by atoms with Crippen molar-refractivity contribution in [3.05, 3.63) is 45.1 Å². The predicted molar refractivity (Wildman–Crippen MR) is 71.9 cm³/mol. The average Bonchev–Trinajstić information content (AvgIpc) is 2.36. The zero-order valence-corrected chi connectivity index (χ0v) is 10.5. The van der Waals surface area contributed by atoms with E-state index in [0.717, 1.165) is 0 Å². The van der Waals surface area contributed by atoms with Crippen LogP contribution in [0.4, 0.5) is 0 Å². The van der Waals surface area contributed by atoms with E-state index in [0.29, 0.717) is 29.6 Å². The van der Waals surface area contributed by atoms with Crippen LogP contribution in [0.25, 0.3) is 10.9 Å². The minimum atomic E-state index is -0.268. The third-order valence-corrected chi connectivity index (χ3v) is 3.11. The number of hydrogen-bond acceptors (Lipinski definition) is 3. The molecule has 0 saturated heterocycles. The van der Waals surface area contributed by atoms with Gasteiger partial charge in [-0.05, 0) is 24.3 Å². The Labute approximate surface area is 104 Å². The third kappa shape index (κ3) is 2.02. The molecular formula is C12H14N2O2S. The molecule has 2 rings (SSSR count). The zero-order chi connectivity index (χ0) is 12.4. The number of thiol groups is 1. The second kappa shape index (κ2) is 4.79. The topological polar surface area (TPSA) is 44.0 Å². The summed E-state index contributed by atoms with van der Waals surface area (Å²) in [6.45, 7) is 0.417. The van der Waals surface area contributed by atoms with Crippen molar-refractivity contribution in [3.8, 4) is 0 Å². The Kier molecular flexibility index (Phi) is 3.38. The first-order valence-corrected chi connectivity index (χ1v) is 6.09. The fraction of sp³-hybridized carbons (Fsp3) is 0.333. The maximum absolute atomic E-state index is 12.1. The molecular weight excluding hydrogens is 236 g/mol. The monoisotopic (exact) mass is 250 g/mol. The summed E-state index contributed by atoms with van der Waals surface area (Å²) in [6.07, 6.45) is 0.705. The normalized spacial score (nSPS) is 10.9. The molecule has 0 unspecified atom stereocenters. The first-order chi connectivity index (χ1) is 8.16. The van der Waals surface area contributed by atoms with Crippen LogP contribution >= 0.6 is 12.6 Å². The van der Waals surface area contributed by atoms with Crippen molar-refractivity contribution in [2.45, 2.75) is 13.0 Å². The van der Waals surface area contributed by atoms with E-state index in [9.17, 15) is 9.59 Å². The molecule has 0 saturated carbocycles. The Morgan fingerprint density at radius 3 is 2.65 bits per heavy atom. The molecule has 90 valence electrons. The lowest BCUT2D eigenvalue weighted by Gasteiger charge is -2.09. The molecule has 0 radical (unpaired) electrons. The minimum Gasteiger partial charge on any atom is -0.296 e. The van der Waals surface area contributed by atoms with E-state index >= 15 is 0 Å². The van der Waals surface area contributed by atoms with Crippen LogP contribution in [-0.2, 0) is 13.6 Å². The van der Waals surface area contributed by atoms with Gasteiger partial charge in [0.2, 0.25) is 0 Å². The van der Waals surface area contributed by atoms with Crippen LogP contribution < -0.4 is 11.2 Å². The molecule has 5 heteroatoms. The van der Waals surface area contributed by atoms with E-state index in [1.807, 2.05) is 6.07 Å². The Bertz CT molecular complexity index is 658. The van der Waals surface area contributed by atoms with Crippen molar-refractivity contribution < 1.29 is 0 Å². The molecule has 1 heterocycles. The third-order valence-electron chi connectivity index (χ3n) is 2.80. The summed E-state index contributed by atoms with van der Waals surface area (Å²) in [7, 11) is 1.68. The summed E-state index contributed by atoms with van der Waals surface area (Å²) in [5, 5.41) is 0.578. The fourth-order valence-electron chi connectivity index (χ4n) is 1.89. The molecule has 0 spiro atoms. The highest BCUT2D eigenvalue weighted by Crippen LogP contribution is 2.05. The lowest BCUT2D eigenvalue weighted by atomic mass is 10.2. The first-order valence-electron chi connectivity index (χ1n) is 5.46. The molecule has 0 atom stereocenters. The van der Waals surface area contributed by atoms with Crippen molar-refractivity contribution in [3.63, 3.8) is 0 Å². The lowest BCUT2D eigenvalue weighted by molar-refractivity contribution is 0.598. The van der Waals surface area contributed by atoms with Crippen molar-refractivity contribution in [2.24, 2.45) is 7.05 Å². The second-order valence-electron chi connectivity index (χ2n) is 3.89. The zero-order valence-electron chi connectivity index (χ0n) is 9.59. The van der Waals surface area contributed by atoms with Gasteiger partial charge in [-0.15, -0.1) is 0 Å². The van der Waals surface area contributed by atoms with E-state index in [1.54, 1.807) is 25.2 Å². The summed E-state index contributed by atoms with van der Waals surface area (Å²) in [5.41, 5.74) is 0.186. The molecule has 1 aromatic carbocycles. The Hall–Kier alpha value is -1.49. The molecule has 0 fully saturated rings. The molecule has 2 aromatic rings. The SMILES string of the molecule is Cn1c(=O)n(CCCS)c(=O)c2ccccc21. The number of aromatic nitrogens is 2. The van der Waals surface area contributed by atoms with Gasteiger partial charge in [-0.25, -0.2) is 4.79 Å². The smallest absolute Gasteiger partial charge is 0.296 e. The summed E-state index contributed by atoms with van der Waals surface area (Å²) >= 11 is 4.09. The molecule has 0 N–H and O–H groups in total. The quantitative estimate of drug-likeness (QED) is 0.827. The Morgan fingerprint density at radius 1 is 1.24 bits per heavy atom. The van der Waals surface area contributed by atoms with E-state index in [1.165, 1.54) is 9.13 Å². The second-order valence-corrected chi connectivity index (χ2v) is 4.34. The van der Waals surface area contributed by atoms with Gasteiger partial charge in [-0.2, -0.15) is 12.6 Å². The van der Waals surface area contributed by atoms with Gasteiger partial charge in [-0.3, -0.25) is 13.9 Å². The number of hydrogen-bond donors (Lipinski definition) is 1. The van der Waals surface area contributed by atoms with E-state index in [2.05, 4.69) is 12.6 Å². The summed E-state index contributed by atoms with van der Waals surface area (Å²) < 4.78 is 2.79. The van der Waals surface area contributed by atoms with Gasteiger partial charge in [-0.1, -0.05) is 12.1 Å². The van der Waals surface area contributed by atoms with Crippen LogP contribution in [0.3, 0.4) is 0 Å². The number of nitrogens with zero attached hydrogens (tertiary/aromatic N) is 2. The molecule has 0 aliphatic carbocycles. The molecule has 1 aromatic heterocycles. The van der Waals surface area contributed by atoms with E-state index in [-0.39, 0.29) is 11.2 Å². The molecule has 0 amide bonds.